The maximum absolute atomic E-state index is 12.1. The molecule has 2 aromatic heterocycles. The van der Waals surface area contributed by atoms with E-state index in [2.05, 4.69) is 35.2 Å². The van der Waals surface area contributed by atoms with Crippen molar-refractivity contribution in [3.8, 4) is 0 Å². The largest absolute Gasteiger partial charge is 0.354 e. The molecule has 0 atom stereocenters. The molecule has 0 spiro atoms. The Kier molecular flexibility index (Phi) is 4.31. The van der Waals surface area contributed by atoms with Crippen molar-refractivity contribution in [2.24, 2.45) is 0 Å². The van der Waals surface area contributed by atoms with E-state index in [9.17, 15) is 4.79 Å². The summed E-state index contributed by atoms with van der Waals surface area (Å²) in [6.45, 7) is 8.06. The minimum Gasteiger partial charge on any atom is -0.354 e. The summed E-state index contributed by atoms with van der Waals surface area (Å²) in [5, 5.41) is 7.01. The second kappa shape index (κ2) is 6.75. The number of anilines is 1. The Morgan fingerprint density at radius 1 is 1.16 bits per heavy atom. The standard InChI is InChI=1S/C16H22N8O/c1-12-20-14-13(2-3-18-16(14)25)15(21-12)23-7-4-22(5-8-23)6-9-24-11-17-10-19-24/h10-11H,2-9H2,1H3,(H,18,25). The SMILES string of the molecule is Cc1nc2c(c(N3CCN(CCn4cncn4)CC3)n1)CCNC2=O. The summed E-state index contributed by atoms with van der Waals surface area (Å²) in [6.07, 6.45) is 4.11. The molecule has 0 radical (unpaired) electrons. The number of nitrogens with one attached hydrogen (secondary N) is 1. The molecule has 0 bridgehead atoms. The zero-order chi connectivity index (χ0) is 17.2. The highest BCUT2D eigenvalue weighted by atomic mass is 16.1. The number of aryl methyl sites for hydroxylation is 1. The summed E-state index contributed by atoms with van der Waals surface area (Å²) in [4.78, 5) is 29.8. The fourth-order valence-electron chi connectivity index (χ4n) is 3.42. The molecule has 4 heterocycles. The molecule has 0 aliphatic carbocycles. The number of fused-ring (bicyclic) bond motifs is 1. The van der Waals surface area contributed by atoms with E-state index in [-0.39, 0.29) is 5.91 Å². The second-order valence-corrected chi connectivity index (χ2v) is 6.41. The van der Waals surface area contributed by atoms with Crippen molar-refractivity contribution in [2.45, 2.75) is 19.9 Å². The lowest BCUT2D eigenvalue weighted by molar-refractivity contribution is 0.0940. The zero-order valence-electron chi connectivity index (χ0n) is 14.4. The van der Waals surface area contributed by atoms with Gasteiger partial charge in [0.1, 0.15) is 30.0 Å². The predicted octanol–water partition coefficient (Wildman–Crippen LogP) is -0.515. The van der Waals surface area contributed by atoms with Gasteiger partial charge in [-0.1, -0.05) is 0 Å². The first-order valence-corrected chi connectivity index (χ1v) is 8.66. The van der Waals surface area contributed by atoms with Gasteiger partial charge in [0.25, 0.3) is 5.91 Å². The number of carbonyl (C=O) groups excluding carboxylic acids is 1. The van der Waals surface area contributed by atoms with E-state index in [0.29, 0.717) is 18.1 Å². The lowest BCUT2D eigenvalue weighted by Gasteiger charge is -2.36. The van der Waals surface area contributed by atoms with Crippen LogP contribution in [0.15, 0.2) is 12.7 Å². The molecule has 0 saturated carbocycles. The average molecular weight is 342 g/mol. The molecule has 9 heteroatoms. The monoisotopic (exact) mass is 342 g/mol. The highest BCUT2D eigenvalue weighted by Gasteiger charge is 2.27. The maximum atomic E-state index is 12.1. The van der Waals surface area contributed by atoms with Crippen molar-refractivity contribution in [1.29, 1.82) is 0 Å². The average Bonchev–Trinajstić information content (AvgIpc) is 3.14. The Morgan fingerprint density at radius 2 is 2.00 bits per heavy atom. The van der Waals surface area contributed by atoms with Crippen molar-refractivity contribution in [3.63, 3.8) is 0 Å². The van der Waals surface area contributed by atoms with Crippen molar-refractivity contribution >= 4 is 11.7 Å². The second-order valence-electron chi connectivity index (χ2n) is 6.41. The first-order valence-electron chi connectivity index (χ1n) is 8.66. The van der Waals surface area contributed by atoms with E-state index in [1.165, 1.54) is 0 Å². The number of hydrogen-bond acceptors (Lipinski definition) is 7. The number of nitrogens with zero attached hydrogens (tertiary/aromatic N) is 7. The van der Waals surface area contributed by atoms with Gasteiger partial charge in [-0.25, -0.2) is 15.0 Å². The Balaban J connectivity index is 1.43. The summed E-state index contributed by atoms with van der Waals surface area (Å²) in [5.74, 6) is 1.51. The molecule has 1 N–H and O–H groups in total. The Morgan fingerprint density at radius 3 is 2.76 bits per heavy atom. The molecule has 2 aromatic rings. The normalized spacial score (nSPS) is 18.1. The van der Waals surface area contributed by atoms with Crippen LogP contribution in [-0.4, -0.2) is 74.8 Å². The number of carbonyl (C=O) groups is 1. The number of rotatable bonds is 4. The molecule has 2 aliphatic rings. The highest BCUT2D eigenvalue weighted by molar-refractivity contribution is 5.96. The number of piperazine rings is 1. The fraction of sp³-hybridized carbons (Fsp3) is 0.562. The molecule has 4 rings (SSSR count). The number of amides is 1. The van der Waals surface area contributed by atoms with Gasteiger partial charge in [-0.3, -0.25) is 14.4 Å². The predicted molar refractivity (Wildman–Crippen MR) is 91.5 cm³/mol. The van der Waals surface area contributed by atoms with Crippen LogP contribution in [-0.2, 0) is 13.0 Å². The molecule has 9 nitrogen and oxygen atoms in total. The molecule has 2 aliphatic heterocycles. The molecule has 25 heavy (non-hydrogen) atoms. The molecular weight excluding hydrogens is 320 g/mol. The van der Waals surface area contributed by atoms with E-state index in [0.717, 1.165) is 57.1 Å². The van der Waals surface area contributed by atoms with Crippen LogP contribution in [0.4, 0.5) is 5.82 Å². The van der Waals surface area contributed by atoms with Crippen molar-refractivity contribution in [3.05, 3.63) is 29.7 Å². The lowest BCUT2D eigenvalue weighted by Crippen LogP contribution is -2.48. The highest BCUT2D eigenvalue weighted by Crippen LogP contribution is 2.24. The number of hydrogen-bond donors (Lipinski definition) is 1. The molecule has 0 unspecified atom stereocenters. The van der Waals surface area contributed by atoms with Gasteiger partial charge in [0.05, 0.1) is 6.54 Å². The van der Waals surface area contributed by atoms with Crippen LogP contribution < -0.4 is 10.2 Å². The van der Waals surface area contributed by atoms with E-state index in [4.69, 9.17) is 0 Å². The van der Waals surface area contributed by atoms with E-state index in [1.54, 1.807) is 12.7 Å². The van der Waals surface area contributed by atoms with E-state index < -0.39 is 0 Å². The zero-order valence-corrected chi connectivity index (χ0v) is 14.4. The summed E-state index contributed by atoms with van der Waals surface area (Å²) in [7, 11) is 0. The topological polar surface area (TPSA) is 92.1 Å². The lowest BCUT2D eigenvalue weighted by atomic mass is 10.1. The first kappa shape index (κ1) is 15.9. The first-order chi connectivity index (χ1) is 12.2. The molecular formula is C16H22N8O. The van der Waals surface area contributed by atoms with Crippen LogP contribution in [0.1, 0.15) is 21.9 Å². The van der Waals surface area contributed by atoms with E-state index in [1.807, 2.05) is 11.6 Å². The van der Waals surface area contributed by atoms with Gasteiger partial charge < -0.3 is 10.2 Å². The van der Waals surface area contributed by atoms with Crippen LogP contribution in [0.3, 0.4) is 0 Å². The van der Waals surface area contributed by atoms with Crippen molar-refractivity contribution in [1.82, 2.24) is 34.9 Å². The molecule has 1 amide bonds. The molecule has 132 valence electrons. The molecule has 1 saturated heterocycles. The van der Waals surface area contributed by atoms with Crippen molar-refractivity contribution < 1.29 is 4.79 Å². The van der Waals surface area contributed by atoms with Crippen LogP contribution >= 0.6 is 0 Å². The van der Waals surface area contributed by atoms with Crippen LogP contribution in [0.5, 0.6) is 0 Å². The Labute approximate surface area is 146 Å². The Hall–Kier alpha value is -2.55. The van der Waals surface area contributed by atoms with Gasteiger partial charge in [-0.15, -0.1) is 0 Å². The Bertz CT molecular complexity index is 752. The third kappa shape index (κ3) is 3.32. The van der Waals surface area contributed by atoms with Crippen LogP contribution in [0.25, 0.3) is 0 Å². The fourth-order valence-corrected chi connectivity index (χ4v) is 3.42. The van der Waals surface area contributed by atoms with Crippen LogP contribution in [0, 0.1) is 6.92 Å². The van der Waals surface area contributed by atoms with Gasteiger partial charge >= 0.3 is 0 Å². The van der Waals surface area contributed by atoms with Crippen molar-refractivity contribution in [2.75, 3.05) is 44.2 Å². The van der Waals surface area contributed by atoms with Gasteiger partial charge in [0.15, 0.2) is 0 Å². The van der Waals surface area contributed by atoms with Gasteiger partial charge in [-0.05, 0) is 13.3 Å². The number of aromatic nitrogens is 5. The summed E-state index contributed by atoms with van der Waals surface area (Å²) in [6, 6.07) is 0. The summed E-state index contributed by atoms with van der Waals surface area (Å²) < 4.78 is 1.86. The maximum Gasteiger partial charge on any atom is 0.270 e. The summed E-state index contributed by atoms with van der Waals surface area (Å²) >= 11 is 0. The van der Waals surface area contributed by atoms with E-state index >= 15 is 0 Å². The minimum atomic E-state index is -0.0838. The van der Waals surface area contributed by atoms with Crippen LogP contribution in [0.2, 0.25) is 0 Å². The molecule has 0 aromatic carbocycles. The molecule has 1 fully saturated rings. The van der Waals surface area contributed by atoms with Gasteiger partial charge in [0, 0.05) is 44.8 Å². The third-order valence-corrected chi connectivity index (χ3v) is 4.76. The third-order valence-electron chi connectivity index (χ3n) is 4.76. The quantitative estimate of drug-likeness (QED) is 0.800. The minimum absolute atomic E-state index is 0.0838. The smallest absolute Gasteiger partial charge is 0.270 e. The van der Waals surface area contributed by atoms with Gasteiger partial charge in [0.2, 0.25) is 0 Å². The summed E-state index contributed by atoms with van der Waals surface area (Å²) in [5.41, 5.74) is 1.53. The van der Waals surface area contributed by atoms with Gasteiger partial charge in [-0.2, -0.15) is 5.10 Å².